The van der Waals surface area contributed by atoms with Crippen LogP contribution in [0, 0.1) is 11.3 Å². The van der Waals surface area contributed by atoms with E-state index in [1.807, 2.05) is 23.0 Å². The van der Waals surface area contributed by atoms with Gasteiger partial charge in [0.25, 0.3) is 0 Å². The van der Waals surface area contributed by atoms with Crippen LogP contribution in [0.5, 0.6) is 5.75 Å². The average Bonchev–Trinajstić information content (AvgIpc) is 2.92. The van der Waals surface area contributed by atoms with E-state index in [2.05, 4.69) is 16.5 Å². The van der Waals surface area contributed by atoms with E-state index in [4.69, 9.17) is 10.00 Å². The smallest absolute Gasteiger partial charge is 0.143 e. The van der Waals surface area contributed by atoms with Crippen molar-refractivity contribution in [2.45, 2.75) is 6.54 Å². The number of hydrogen-bond donors (Lipinski definition) is 1. The zero-order valence-electron chi connectivity index (χ0n) is 10.1. The maximum absolute atomic E-state index is 8.81. The maximum Gasteiger partial charge on any atom is 0.143 e. The molecule has 1 heterocycles. The van der Waals surface area contributed by atoms with Crippen molar-refractivity contribution in [2.24, 2.45) is 0 Å². The van der Waals surface area contributed by atoms with E-state index in [1.54, 1.807) is 25.4 Å². The Morgan fingerprint density at radius 2 is 2.39 bits per heavy atom. The lowest BCUT2D eigenvalue weighted by molar-refractivity contribution is 0.416. The SMILES string of the molecule is COc1cc(C#N)ccc1NCCn1cccn1. The first kappa shape index (κ1) is 12.0. The van der Waals surface area contributed by atoms with Gasteiger partial charge in [-0.3, -0.25) is 4.68 Å². The van der Waals surface area contributed by atoms with Crippen molar-refractivity contribution in [3.05, 3.63) is 42.2 Å². The lowest BCUT2D eigenvalue weighted by Crippen LogP contribution is -2.11. The van der Waals surface area contributed by atoms with Gasteiger partial charge in [0.2, 0.25) is 0 Å². The van der Waals surface area contributed by atoms with Crippen molar-refractivity contribution in [1.29, 1.82) is 5.26 Å². The zero-order valence-corrected chi connectivity index (χ0v) is 10.1. The lowest BCUT2D eigenvalue weighted by Gasteiger charge is -2.11. The number of methoxy groups -OCH3 is 1. The molecule has 0 spiro atoms. The highest BCUT2D eigenvalue weighted by Crippen LogP contribution is 2.24. The minimum Gasteiger partial charge on any atom is -0.495 e. The number of hydrogen-bond acceptors (Lipinski definition) is 4. The Hall–Kier alpha value is -2.48. The lowest BCUT2D eigenvalue weighted by atomic mass is 10.2. The van der Waals surface area contributed by atoms with Gasteiger partial charge in [-0.2, -0.15) is 10.4 Å². The fourth-order valence-electron chi connectivity index (χ4n) is 1.64. The van der Waals surface area contributed by atoms with Crippen LogP contribution < -0.4 is 10.1 Å². The predicted molar refractivity (Wildman–Crippen MR) is 68.4 cm³/mol. The Balaban J connectivity index is 1.98. The van der Waals surface area contributed by atoms with Gasteiger partial charge in [0.1, 0.15) is 5.75 Å². The van der Waals surface area contributed by atoms with Crippen LogP contribution in [-0.4, -0.2) is 23.4 Å². The first-order valence-electron chi connectivity index (χ1n) is 5.63. The van der Waals surface area contributed by atoms with Crippen LogP contribution in [0.3, 0.4) is 0 Å². The average molecular weight is 242 g/mol. The second-order valence-electron chi connectivity index (χ2n) is 3.72. The molecule has 2 rings (SSSR count). The topological polar surface area (TPSA) is 62.9 Å². The molecule has 1 aromatic heterocycles. The van der Waals surface area contributed by atoms with E-state index >= 15 is 0 Å². The second kappa shape index (κ2) is 5.73. The number of nitrogens with one attached hydrogen (secondary N) is 1. The molecule has 0 bridgehead atoms. The fourth-order valence-corrected chi connectivity index (χ4v) is 1.64. The van der Waals surface area contributed by atoms with Crippen LogP contribution in [-0.2, 0) is 6.54 Å². The molecule has 0 amide bonds. The van der Waals surface area contributed by atoms with E-state index in [0.717, 1.165) is 18.8 Å². The number of ether oxygens (including phenoxy) is 1. The van der Waals surface area contributed by atoms with Crippen molar-refractivity contribution >= 4 is 5.69 Å². The molecule has 1 N–H and O–H groups in total. The molecular formula is C13H14N4O. The summed E-state index contributed by atoms with van der Waals surface area (Å²) in [6.45, 7) is 1.51. The highest BCUT2D eigenvalue weighted by Gasteiger charge is 2.03. The minimum absolute atomic E-state index is 0.587. The first-order chi connectivity index (χ1) is 8.83. The van der Waals surface area contributed by atoms with Crippen LogP contribution in [0.1, 0.15) is 5.56 Å². The van der Waals surface area contributed by atoms with E-state index < -0.39 is 0 Å². The fraction of sp³-hybridized carbons (Fsp3) is 0.231. The molecule has 0 unspecified atom stereocenters. The third kappa shape index (κ3) is 2.80. The summed E-state index contributed by atoms with van der Waals surface area (Å²) in [6, 6.07) is 9.31. The summed E-state index contributed by atoms with van der Waals surface area (Å²) in [7, 11) is 1.59. The van der Waals surface area contributed by atoms with Gasteiger partial charge in [-0.25, -0.2) is 0 Å². The third-order valence-electron chi connectivity index (χ3n) is 2.55. The van der Waals surface area contributed by atoms with Crippen LogP contribution in [0.4, 0.5) is 5.69 Å². The van der Waals surface area contributed by atoms with Crippen molar-refractivity contribution in [3.63, 3.8) is 0 Å². The maximum atomic E-state index is 8.81. The normalized spacial score (nSPS) is 9.78. The highest BCUT2D eigenvalue weighted by atomic mass is 16.5. The molecule has 92 valence electrons. The molecule has 18 heavy (non-hydrogen) atoms. The zero-order chi connectivity index (χ0) is 12.8. The summed E-state index contributed by atoms with van der Waals surface area (Å²) in [6.07, 6.45) is 3.67. The van der Waals surface area contributed by atoms with Crippen LogP contribution in [0.25, 0.3) is 0 Å². The Labute approximate surface area is 106 Å². The number of benzene rings is 1. The Kier molecular flexibility index (Phi) is 3.82. The summed E-state index contributed by atoms with van der Waals surface area (Å²) in [5.41, 5.74) is 1.47. The van der Waals surface area contributed by atoms with Gasteiger partial charge in [0.15, 0.2) is 0 Å². The molecule has 0 saturated carbocycles. The summed E-state index contributed by atoms with van der Waals surface area (Å²) < 4.78 is 7.09. The van der Waals surface area contributed by atoms with E-state index in [1.165, 1.54) is 0 Å². The van der Waals surface area contributed by atoms with E-state index in [0.29, 0.717) is 11.3 Å². The number of nitriles is 1. The van der Waals surface area contributed by atoms with Crippen LogP contribution in [0.15, 0.2) is 36.7 Å². The molecular weight excluding hydrogens is 228 g/mol. The quantitative estimate of drug-likeness (QED) is 0.869. The molecule has 0 radical (unpaired) electrons. The molecule has 0 aliphatic carbocycles. The summed E-state index contributed by atoms with van der Waals surface area (Å²) in [4.78, 5) is 0. The largest absolute Gasteiger partial charge is 0.495 e. The van der Waals surface area contributed by atoms with Crippen LogP contribution in [0.2, 0.25) is 0 Å². The second-order valence-corrected chi connectivity index (χ2v) is 3.72. The van der Waals surface area contributed by atoms with E-state index in [9.17, 15) is 0 Å². The minimum atomic E-state index is 0.587. The van der Waals surface area contributed by atoms with E-state index in [-0.39, 0.29) is 0 Å². The number of aromatic nitrogens is 2. The van der Waals surface area contributed by atoms with Crippen molar-refractivity contribution in [1.82, 2.24) is 9.78 Å². The van der Waals surface area contributed by atoms with Gasteiger partial charge < -0.3 is 10.1 Å². The van der Waals surface area contributed by atoms with Gasteiger partial charge in [0, 0.05) is 25.0 Å². The summed E-state index contributed by atoms with van der Waals surface area (Å²) in [5.74, 6) is 0.675. The monoisotopic (exact) mass is 242 g/mol. The molecule has 0 saturated heterocycles. The molecule has 5 heteroatoms. The van der Waals surface area contributed by atoms with Gasteiger partial charge >= 0.3 is 0 Å². The van der Waals surface area contributed by atoms with Gasteiger partial charge in [-0.15, -0.1) is 0 Å². The Bertz CT molecular complexity index is 543. The standard InChI is InChI=1S/C13H14N4O/c1-18-13-9-11(10-14)3-4-12(13)15-6-8-17-7-2-5-16-17/h2-5,7,9,15H,6,8H2,1H3. The molecule has 5 nitrogen and oxygen atoms in total. The van der Waals surface area contributed by atoms with Crippen LogP contribution >= 0.6 is 0 Å². The van der Waals surface area contributed by atoms with Crippen molar-refractivity contribution < 1.29 is 4.74 Å². The van der Waals surface area contributed by atoms with Crippen molar-refractivity contribution in [3.8, 4) is 11.8 Å². The molecule has 0 aliphatic heterocycles. The van der Waals surface area contributed by atoms with Crippen molar-refractivity contribution in [2.75, 3.05) is 19.0 Å². The molecule has 2 aromatic rings. The van der Waals surface area contributed by atoms with Gasteiger partial charge in [0.05, 0.1) is 31.0 Å². The Morgan fingerprint density at radius 3 is 3.06 bits per heavy atom. The number of anilines is 1. The first-order valence-corrected chi connectivity index (χ1v) is 5.63. The molecule has 0 fully saturated rings. The highest BCUT2D eigenvalue weighted by molar-refractivity contribution is 5.59. The molecule has 0 aliphatic rings. The summed E-state index contributed by atoms with van der Waals surface area (Å²) >= 11 is 0. The third-order valence-corrected chi connectivity index (χ3v) is 2.55. The molecule has 1 aromatic carbocycles. The number of rotatable bonds is 5. The number of nitrogens with zero attached hydrogens (tertiary/aromatic N) is 3. The predicted octanol–water partition coefficient (Wildman–Crippen LogP) is 1.88. The van der Waals surface area contributed by atoms with Gasteiger partial charge in [-0.1, -0.05) is 0 Å². The molecule has 0 atom stereocenters. The van der Waals surface area contributed by atoms with Gasteiger partial charge in [-0.05, 0) is 18.2 Å². The summed E-state index contributed by atoms with van der Waals surface area (Å²) in [5, 5.41) is 16.2. The Morgan fingerprint density at radius 1 is 1.50 bits per heavy atom.